The molecular weight excluding hydrogens is 298 g/mol. The lowest BCUT2D eigenvalue weighted by Gasteiger charge is -2.31. The van der Waals surface area contributed by atoms with E-state index in [1.54, 1.807) is 6.26 Å². The molecule has 4 heteroatoms. The highest BCUT2D eigenvalue weighted by Gasteiger charge is 2.34. The third-order valence-electron chi connectivity index (χ3n) is 4.42. The van der Waals surface area contributed by atoms with E-state index in [-0.39, 0.29) is 5.91 Å². The molecule has 1 aromatic heterocycles. The fourth-order valence-corrected chi connectivity index (χ4v) is 3.13. The Morgan fingerprint density at radius 1 is 1.23 bits per heavy atom. The Balaban J connectivity index is 1.84. The molecule has 0 spiro atoms. The summed E-state index contributed by atoms with van der Waals surface area (Å²) >= 11 is 5.95. The Labute approximate surface area is 135 Å². The van der Waals surface area contributed by atoms with Crippen molar-refractivity contribution in [3.63, 3.8) is 0 Å². The van der Waals surface area contributed by atoms with Crippen molar-refractivity contribution in [2.75, 3.05) is 6.54 Å². The van der Waals surface area contributed by atoms with Gasteiger partial charge in [-0.2, -0.15) is 0 Å². The van der Waals surface area contributed by atoms with Gasteiger partial charge in [0.25, 0.3) is 0 Å². The number of nitrogens with zero attached hydrogens (tertiary/aromatic N) is 1. The topological polar surface area (TPSA) is 33.5 Å². The Bertz CT molecular complexity index is 673. The van der Waals surface area contributed by atoms with Crippen LogP contribution in [0.1, 0.15) is 37.2 Å². The smallest absolute Gasteiger partial charge is 0.232 e. The van der Waals surface area contributed by atoms with Gasteiger partial charge in [0, 0.05) is 30.1 Å². The highest BCUT2D eigenvalue weighted by Crippen LogP contribution is 2.29. The molecule has 0 N–H and O–H groups in total. The Morgan fingerprint density at radius 2 is 1.95 bits per heavy atom. The predicted octanol–water partition coefficient (Wildman–Crippen LogP) is 4.19. The molecule has 22 heavy (non-hydrogen) atoms. The Morgan fingerprint density at radius 3 is 2.68 bits per heavy atom. The Hall–Kier alpha value is -1.74. The number of hydrogen-bond donors (Lipinski definition) is 0. The minimum absolute atomic E-state index is 0.142. The van der Waals surface area contributed by atoms with E-state index >= 15 is 0 Å². The van der Waals surface area contributed by atoms with Crippen LogP contribution in [0.25, 0.3) is 0 Å². The SMILES string of the molecule is CC(C)(C(=O)N1CCCc2occc2C1)c1ccc(Cl)cc1. The first kappa shape index (κ1) is 15.2. The minimum atomic E-state index is -0.571. The molecule has 0 radical (unpaired) electrons. The largest absolute Gasteiger partial charge is 0.469 e. The maximum Gasteiger partial charge on any atom is 0.232 e. The maximum atomic E-state index is 13.1. The lowest BCUT2D eigenvalue weighted by Crippen LogP contribution is -2.43. The van der Waals surface area contributed by atoms with E-state index in [1.165, 1.54) is 0 Å². The third kappa shape index (κ3) is 2.78. The lowest BCUT2D eigenvalue weighted by atomic mass is 9.83. The molecule has 0 saturated carbocycles. The standard InChI is InChI=1S/C18H20ClNO2/c1-18(2,14-5-7-15(19)8-6-14)17(21)20-10-3-4-16-13(12-20)9-11-22-16/h5-9,11H,3-4,10,12H2,1-2H3. The first-order valence-corrected chi connectivity index (χ1v) is 7.97. The van der Waals surface area contributed by atoms with E-state index in [1.807, 2.05) is 49.1 Å². The molecule has 1 aromatic carbocycles. The summed E-state index contributed by atoms with van der Waals surface area (Å²) in [6.07, 6.45) is 3.54. The summed E-state index contributed by atoms with van der Waals surface area (Å²) in [6, 6.07) is 9.50. The van der Waals surface area contributed by atoms with Crippen molar-refractivity contribution in [2.24, 2.45) is 0 Å². The van der Waals surface area contributed by atoms with Crippen LogP contribution in [0.3, 0.4) is 0 Å². The van der Waals surface area contributed by atoms with Crippen LogP contribution in [0.4, 0.5) is 0 Å². The normalized spacial score (nSPS) is 15.3. The molecule has 0 aliphatic carbocycles. The molecule has 116 valence electrons. The van der Waals surface area contributed by atoms with Crippen molar-refractivity contribution in [2.45, 2.75) is 38.6 Å². The van der Waals surface area contributed by atoms with Crippen LogP contribution < -0.4 is 0 Å². The summed E-state index contributed by atoms with van der Waals surface area (Å²) in [7, 11) is 0. The number of furan rings is 1. The predicted molar refractivity (Wildman–Crippen MR) is 86.9 cm³/mol. The monoisotopic (exact) mass is 317 g/mol. The summed E-state index contributed by atoms with van der Waals surface area (Å²) in [4.78, 5) is 15.0. The van der Waals surface area contributed by atoms with E-state index in [9.17, 15) is 4.79 Å². The second kappa shape index (κ2) is 5.81. The lowest BCUT2D eigenvalue weighted by molar-refractivity contribution is -0.136. The van der Waals surface area contributed by atoms with Crippen LogP contribution in [-0.4, -0.2) is 17.4 Å². The number of halogens is 1. The van der Waals surface area contributed by atoms with Gasteiger partial charge in [-0.1, -0.05) is 23.7 Å². The average molecular weight is 318 g/mol. The van der Waals surface area contributed by atoms with Crippen molar-refractivity contribution in [3.05, 3.63) is 58.5 Å². The highest BCUT2D eigenvalue weighted by atomic mass is 35.5. The zero-order chi connectivity index (χ0) is 15.7. The van der Waals surface area contributed by atoms with Gasteiger partial charge < -0.3 is 9.32 Å². The van der Waals surface area contributed by atoms with Crippen LogP contribution in [0.15, 0.2) is 41.0 Å². The number of amides is 1. The molecule has 2 heterocycles. The van der Waals surface area contributed by atoms with Crippen LogP contribution in [0.2, 0.25) is 5.02 Å². The fourth-order valence-electron chi connectivity index (χ4n) is 3.00. The van der Waals surface area contributed by atoms with E-state index in [4.69, 9.17) is 16.0 Å². The van der Waals surface area contributed by atoms with Crippen LogP contribution in [0.5, 0.6) is 0 Å². The maximum absolute atomic E-state index is 13.1. The van der Waals surface area contributed by atoms with Crippen LogP contribution in [0, 0.1) is 0 Å². The van der Waals surface area contributed by atoms with Gasteiger partial charge in [0.1, 0.15) is 5.76 Å². The summed E-state index contributed by atoms with van der Waals surface area (Å²) in [6.45, 7) is 5.33. The quantitative estimate of drug-likeness (QED) is 0.832. The van der Waals surface area contributed by atoms with E-state index in [2.05, 4.69) is 0 Å². The molecule has 0 bridgehead atoms. The molecule has 1 aliphatic heterocycles. The number of benzene rings is 1. The zero-order valence-corrected chi connectivity index (χ0v) is 13.7. The Kier molecular flexibility index (Phi) is 4.00. The molecule has 0 saturated heterocycles. The van der Waals surface area contributed by atoms with Gasteiger partial charge in [0.05, 0.1) is 11.7 Å². The van der Waals surface area contributed by atoms with Gasteiger partial charge >= 0.3 is 0 Å². The van der Waals surface area contributed by atoms with Crippen molar-refractivity contribution in [1.82, 2.24) is 4.90 Å². The number of carbonyl (C=O) groups excluding carboxylic acids is 1. The molecule has 1 amide bonds. The summed E-state index contributed by atoms with van der Waals surface area (Å²) in [5.41, 5.74) is 1.54. The third-order valence-corrected chi connectivity index (χ3v) is 4.67. The number of aryl methyl sites for hydroxylation is 1. The first-order chi connectivity index (χ1) is 10.5. The fraction of sp³-hybridized carbons (Fsp3) is 0.389. The second-order valence-electron chi connectivity index (χ2n) is 6.33. The molecular formula is C18H20ClNO2. The van der Waals surface area contributed by atoms with E-state index in [0.29, 0.717) is 11.6 Å². The molecule has 0 atom stereocenters. The average Bonchev–Trinajstić information content (AvgIpc) is 2.84. The second-order valence-corrected chi connectivity index (χ2v) is 6.77. The molecule has 3 nitrogen and oxygen atoms in total. The van der Waals surface area contributed by atoms with Gasteiger partial charge in [-0.25, -0.2) is 0 Å². The van der Waals surface area contributed by atoms with E-state index in [0.717, 1.165) is 36.3 Å². The number of hydrogen-bond acceptors (Lipinski definition) is 2. The van der Waals surface area contributed by atoms with Gasteiger partial charge in [-0.15, -0.1) is 0 Å². The molecule has 3 rings (SSSR count). The molecule has 2 aromatic rings. The van der Waals surface area contributed by atoms with Crippen molar-refractivity contribution >= 4 is 17.5 Å². The highest BCUT2D eigenvalue weighted by molar-refractivity contribution is 6.30. The van der Waals surface area contributed by atoms with Gasteiger partial charge in [0.15, 0.2) is 0 Å². The van der Waals surface area contributed by atoms with Gasteiger partial charge in [0.2, 0.25) is 5.91 Å². The number of carbonyl (C=O) groups is 1. The van der Waals surface area contributed by atoms with Gasteiger partial charge in [-0.3, -0.25) is 4.79 Å². The van der Waals surface area contributed by atoms with Crippen molar-refractivity contribution in [3.8, 4) is 0 Å². The van der Waals surface area contributed by atoms with E-state index < -0.39 is 5.41 Å². The van der Waals surface area contributed by atoms with Crippen LogP contribution in [-0.2, 0) is 23.2 Å². The summed E-state index contributed by atoms with van der Waals surface area (Å²) in [5.74, 6) is 1.16. The van der Waals surface area contributed by atoms with Crippen LogP contribution >= 0.6 is 11.6 Å². The molecule has 0 fully saturated rings. The molecule has 0 unspecified atom stereocenters. The zero-order valence-electron chi connectivity index (χ0n) is 12.9. The minimum Gasteiger partial charge on any atom is -0.469 e. The molecule has 1 aliphatic rings. The van der Waals surface area contributed by atoms with Crippen molar-refractivity contribution < 1.29 is 9.21 Å². The number of rotatable bonds is 2. The first-order valence-electron chi connectivity index (χ1n) is 7.59. The van der Waals surface area contributed by atoms with Crippen molar-refractivity contribution in [1.29, 1.82) is 0 Å². The number of fused-ring (bicyclic) bond motifs is 1. The summed E-state index contributed by atoms with van der Waals surface area (Å²) in [5, 5.41) is 0.685. The summed E-state index contributed by atoms with van der Waals surface area (Å²) < 4.78 is 5.49. The van der Waals surface area contributed by atoms with Gasteiger partial charge in [-0.05, 0) is 44.0 Å².